The van der Waals surface area contributed by atoms with Gasteiger partial charge >= 0.3 is 6.18 Å². The summed E-state index contributed by atoms with van der Waals surface area (Å²) in [6, 6.07) is 6.35. The van der Waals surface area contributed by atoms with Crippen molar-refractivity contribution < 1.29 is 35.5 Å². The van der Waals surface area contributed by atoms with E-state index in [2.05, 4.69) is 5.32 Å². The normalized spacial score (nSPS) is 16.3. The van der Waals surface area contributed by atoms with E-state index in [1.54, 1.807) is 0 Å². The minimum absolute atomic E-state index is 0.0937. The van der Waals surface area contributed by atoms with E-state index in [4.69, 9.17) is 9.15 Å². The van der Waals surface area contributed by atoms with E-state index in [0.29, 0.717) is 0 Å². The van der Waals surface area contributed by atoms with Gasteiger partial charge in [0.2, 0.25) is 5.09 Å². The highest BCUT2D eigenvalue weighted by Gasteiger charge is 2.31. The maximum atomic E-state index is 12.7. The van der Waals surface area contributed by atoms with Crippen LogP contribution in [0.5, 0.6) is 0 Å². The summed E-state index contributed by atoms with van der Waals surface area (Å²) in [5.41, 5.74) is -1.01. The fourth-order valence-electron chi connectivity index (χ4n) is 2.46. The average molecular weight is 404 g/mol. The molecular weight excluding hydrogens is 389 g/mol. The number of amides is 1. The first-order chi connectivity index (χ1) is 12.7. The lowest BCUT2D eigenvalue weighted by Gasteiger charge is -2.24. The van der Waals surface area contributed by atoms with Gasteiger partial charge < -0.3 is 14.5 Å². The highest BCUT2D eigenvalue weighted by molar-refractivity contribution is 7.89. The molecule has 0 spiro atoms. The van der Waals surface area contributed by atoms with Gasteiger partial charge in [0.05, 0.1) is 18.8 Å². The van der Waals surface area contributed by atoms with Crippen molar-refractivity contribution in [3.63, 3.8) is 0 Å². The number of furan rings is 1. The summed E-state index contributed by atoms with van der Waals surface area (Å²) in [6.45, 7) is 0.829. The minimum Gasteiger partial charge on any atom is -0.438 e. The van der Waals surface area contributed by atoms with Crippen molar-refractivity contribution in [2.75, 3.05) is 31.6 Å². The molecular formula is C16H15F3N2O5S. The van der Waals surface area contributed by atoms with Gasteiger partial charge in [-0.05, 0) is 30.3 Å². The van der Waals surface area contributed by atoms with Gasteiger partial charge in [-0.1, -0.05) is 6.07 Å². The first-order valence-corrected chi connectivity index (χ1v) is 9.28. The highest BCUT2D eigenvalue weighted by atomic mass is 32.2. The molecule has 0 atom stereocenters. The lowest BCUT2D eigenvalue weighted by atomic mass is 10.2. The van der Waals surface area contributed by atoms with Crippen LogP contribution >= 0.6 is 0 Å². The summed E-state index contributed by atoms with van der Waals surface area (Å²) < 4.78 is 74.5. The molecule has 1 saturated heterocycles. The summed E-state index contributed by atoms with van der Waals surface area (Å²) >= 11 is 0. The van der Waals surface area contributed by atoms with Gasteiger partial charge in [-0.3, -0.25) is 4.79 Å². The predicted octanol–water partition coefficient (Wildman–Crippen LogP) is 2.57. The van der Waals surface area contributed by atoms with Crippen molar-refractivity contribution in [2.45, 2.75) is 11.3 Å². The summed E-state index contributed by atoms with van der Waals surface area (Å²) in [7, 11) is -3.92. The molecule has 0 bridgehead atoms. The molecule has 1 aromatic heterocycles. The van der Waals surface area contributed by atoms with Gasteiger partial charge in [-0.25, -0.2) is 8.42 Å². The van der Waals surface area contributed by atoms with Gasteiger partial charge in [-0.2, -0.15) is 17.5 Å². The van der Waals surface area contributed by atoms with Crippen LogP contribution in [-0.2, 0) is 20.9 Å². The number of sulfonamides is 1. The van der Waals surface area contributed by atoms with Crippen molar-refractivity contribution in [2.24, 2.45) is 0 Å². The standard InChI is InChI=1S/C16H15F3N2O5S/c17-16(18,19)11-2-1-3-12(10-11)20-15(22)13-4-5-14(26-13)27(23,24)21-6-8-25-9-7-21/h1-5,10H,6-9H2,(H,20,22). The third-order valence-corrected chi connectivity index (χ3v) is 5.59. The number of halogens is 3. The summed E-state index contributed by atoms with van der Waals surface area (Å²) in [5.74, 6) is -1.20. The van der Waals surface area contributed by atoms with E-state index in [1.807, 2.05) is 0 Å². The van der Waals surface area contributed by atoms with E-state index < -0.39 is 32.8 Å². The second-order valence-electron chi connectivity index (χ2n) is 5.67. The second kappa shape index (κ2) is 7.33. The van der Waals surface area contributed by atoms with E-state index in [0.717, 1.165) is 30.3 Å². The van der Waals surface area contributed by atoms with Crippen LogP contribution in [0.15, 0.2) is 45.9 Å². The van der Waals surface area contributed by atoms with Gasteiger partial charge in [0.25, 0.3) is 15.9 Å². The predicted molar refractivity (Wildman–Crippen MR) is 87.7 cm³/mol. The summed E-state index contributed by atoms with van der Waals surface area (Å²) in [5, 5.41) is 1.84. The van der Waals surface area contributed by atoms with Crippen LogP contribution in [0.25, 0.3) is 0 Å². The van der Waals surface area contributed by atoms with Crippen LogP contribution in [0.4, 0.5) is 18.9 Å². The molecule has 0 radical (unpaired) electrons. The monoisotopic (exact) mass is 404 g/mol. The zero-order valence-electron chi connectivity index (χ0n) is 13.8. The van der Waals surface area contributed by atoms with Gasteiger partial charge in [0.1, 0.15) is 0 Å². The van der Waals surface area contributed by atoms with Gasteiger partial charge in [-0.15, -0.1) is 0 Å². The minimum atomic E-state index is -4.55. The molecule has 146 valence electrons. The number of benzene rings is 1. The molecule has 7 nitrogen and oxygen atoms in total. The molecule has 0 saturated carbocycles. The van der Waals surface area contributed by atoms with Crippen molar-refractivity contribution in [3.8, 4) is 0 Å². The Bertz CT molecular complexity index is 934. The third-order valence-electron chi connectivity index (χ3n) is 3.82. The topological polar surface area (TPSA) is 88.9 Å². The third kappa shape index (κ3) is 4.31. The Labute approximate surface area is 152 Å². The Morgan fingerprint density at radius 3 is 2.48 bits per heavy atom. The lowest BCUT2D eigenvalue weighted by molar-refractivity contribution is -0.137. The molecule has 1 fully saturated rings. The smallest absolute Gasteiger partial charge is 0.416 e. The molecule has 1 aliphatic heterocycles. The molecule has 3 rings (SSSR count). The number of carbonyl (C=O) groups is 1. The average Bonchev–Trinajstić information content (AvgIpc) is 3.13. The molecule has 1 N–H and O–H groups in total. The molecule has 1 amide bonds. The number of carbonyl (C=O) groups excluding carboxylic acids is 1. The first-order valence-electron chi connectivity index (χ1n) is 7.84. The van der Waals surface area contributed by atoms with Crippen molar-refractivity contribution >= 4 is 21.6 Å². The Balaban J connectivity index is 1.76. The van der Waals surface area contributed by atoms with Crippen LogP contribution in [0.2, 0.25) is 0 Å². The number of alkyl halides is 3. The fraction of sp³-hybridized carbons (Fsp3) is 0.312. The van der Waals surface area contributed by atoms with Crippen molar-refractivity contribution in [1.82, 2.24) is 4.31 Å². The highest BCUT2D eigenvalue weighted by Crippen LogP contribution is 2.30. The Kier molecular flexibility index (Phi) is 5.27. The SMILES string of the molecule is O=C(Nc1cccc(C(F)(F)F)c1)c1ccc(S(=O)(=O)N2CCOCC2)o1. The molecule has 0 unspecified atom stereocenters. The van der Waals surface area contributed by atoms with Crippen LogP contribution < -0.4 is 5.32 Å². The van der Waals surface area contributed by atoms with Crippen molar-refractivity contribution in [3.05, 3.63) is 47.7 Å². The zero-order chi connectivity index (χ0) is 19.7. The Hall–Kier alpha value is -2.37. The van der Waals surface area contributed by atoms with Crippen LogP contribution in [-0.4, -0.2) is 44.9 Å². The lowest BCUT2D eigenvalue weighted by Crippen LogP contribution is -2.40. The summed E-state index contributed by atoms with van der Waals surface area (Å²) in [4.78, 5) is 12.2. The Morgan fingerprint density at radius 2 is 1.81 bits per heavy atom. The van der Waals surface area contributed by atoms with E-state index in [9.17, 15) is 26.4 Å². The number of hydrogen-bond acceptors (Lipinski definition) is 5. The number of nitrogens with one attached hydrogen (secondary N) is 1. The number of hydrogen-bond donors (Lipinski definition) is 1. The Morgan fingerprint density at radius 1 is 1.11 bits per heavy atom. The van der Waals surface area contributed by atoms with Crippen LogP contribution in [0.3, 0.4) is 0 Å². The second-order valence-corrected chi connectivity index (χ2v) is 7.54. The molecule has 2 heterocycles. The molecule has 27 heavy (non-hydrogen) atoms. The molecule has 11 heteroatoms. The van der Waals surface area contributed by atoms with Crippen LogP contribution in [0.1, 0.15) is 16.1 Å². The van der Waals surface area contributed by atoms with E-state index in [1.165, 1.54) is 10.4 Å². The number of anilines is 1. The maximum absolute atomic E-state index is 12.7. The fourth-order valence-corrected chi connectivity index (χ4v) is 3.78. The number of morpholine rings is 1. The van der Waals surface area contributed by atoms with Gasteiger partial charge in [0, 0.05) is 18.8 Å². The number of rotatable bonds is 4. The molecule has 0 aliphatic carbocycles. The van der Waals surface area contributed by atoms with E-state index in [-0.39, 0.29) is 37.8 Å². The zero-order valence-corrected chi connectivity index (χ0v) is 14.6. The molecule has 1 aromatic carbocycles. The van der Waals surface area contributed by atoms with E-state index >= 15 is 0 Å². The molecule has 2 aromatic rings. The largest absolute Gasteiger partial charge is 0.438 e. The molecule has 1 aliphatic rings. The van der Waals surface area contributed by atoms with Crippen LogP contribution in [0, 0.1) is 0 Å². The number of ether oxygens (including phenoxy) is 1. The maximum Gasteiger partial charge on any atom is 0.416 e. The number of nitrogens with zero attached hydrogens (tertiary/aromatic N) is 1. The first kappa shape index (κ1) is 19.4. The van der Waals surface area contributed by atoms with Crippen molar-refractivity contribution in [1.29, 1.82) is 0 Å². The van der Waals surface area contributed by atoms with Gasteiger partial charge in [0.15, 0.2) is 5.76 Å². The quantitative estimate of drug-likeness (QED) is 0.846. The summed E-state index contributed by atoms with van der Waals surface area (Å²) in [6.07, 6.45) is -4.55.